The van der Waals surface area contributed by atoms with Gasteiger partial charge in [0.25, 0.3) is 11.8 Å². The van der Waals surface area contributed by atoms with Gasteiger partial charge in [-0.05, 0) is 98.5 Å². The number of nitrogens with one attached hydrogen (secondary N) is 5. The van der Waals surface area contributed by atoms with Crippen LogP contribution < -0.4 is 31.5 Å². The fraction of sp³-hybridized carbons (Fsp3) is 0.404. The number of hydrogen-bond acceptors (Lipinski definition) is 11. The summed E-state index contributed by atoms with van der Waals surface area (Å²) < 4.78 is 0. The molecule has 2 aromatic carbocycles. The van der Waals surface area contributed by atoms with Gasteiger partial charge in [-0.2, -0.15) is 0 Å². The Kier molecular flexibility index (Phi) is 14.9. The lowest BCUT2D eigenvalue weighted by Gasteiger charge is -2.29. The molecule has 0 saturated carbocycles. The lowest BCUT2D eigenvalue weighted by molar-refractivity contribution is -0.138. The molecule has 2 aromatic heterocycles. The van der Waals surface area contributed by atoms with Crippen molar-refractivity contribution in [2.75, 3.05) is 23.8 Å². The molecule has 0 radical (unpaired) electrons. The number of hydrogen-bond donors (Lipinski definition) is 5. The van der Waals surface area contributed by atoms with Gasteiger partial charge >= 0.3 is 6.03 Å². The van der Waals surface area contributed by atoms with Gasteiger partial charge in [0, 0.05) is 77.0 Å². The largest absolute Gasteiger partial charge is 0.375 e. The lowest BCUT2D eigenvalue weighted by Crippen LogP contribution is -2.52. The third kappa shape index (κ3) is 10.8. The first-order valence-corrected chi connectivity index (χ1v) is 24.0. The predicted octanol–water partition coefficient (Wildman–Crippen LogP) is 5.95. The summed E-state index contributed by atoms with van der Waals surface area (Å²) in [5.74, 6) is -2.06. The average molecular weight is 958 g/mol. The van der Waals surface area contributed by atoms with Crippen LogP contribution in [0, 0.1) is 19.8 Å². The number of aryl methyl sites for hydroxylation is 3. The van der Waals surface area contributed by atoms with Crippen LogP contribution in [0.25, 0.3) is 0 Å². The number of piperidine rings is 2. The summed E-state index contributed by atoms with van der Waals surface area (Å²) in [5, 5.41) is 15.8. The number of halogens is 1. The van der Waals surface area contributed by atoms with Crippen molar-refractivity contribution in [2.45, 2.75) is 104 Å². The monoisotopic (exact) mass is 956 g/mol. The van der Waals surface area contributed by atoms with E-state index >= 15 is 0 Å². The maximum absolute atomic E-state index is 12.8. The number of thiophene rings is 2. The minimum absolute atomic E-state index is 0.0401. The summed E-state index contributed by atoms with van der Waals surface area (Å²) in [7, 11) is 2.00. The minimum Gasteiger partial charge on any atom is -0.375 e. The summed E-state index contributed by atoms with van der Waals surface area (Å²) in [5.41, 5.74) is 7.32. The molecule has 3 unspecified atom stereocenters. The van der Waals surface area contributed by atoms with E-state index in [1.54, 1.807) is 5.38 Å². The zero-order chi connectivity index (χ0) is 47.4. The van der Waals surface area contributed by atoms with Gasteiger partial charge in [0.2, 0.25) is 29.5 Å². The molecule has 348 valence electrons. The van der Waals surface area contributed by atoms with E-state index < -0.39 is 23.9 Å². The van der Waals surface area contributed by atoms with Gasteiger partial charge in [0.15, 0.2) is 0 Å². The number of anilines is 2. The number of urea groups is 1. The summed E-state index contributed by atoms with van der Waals surface area (Å²) in [4.78, 5) is 105. The smallest absolute Gasteiger partial charge is 0.319 e. The van der Waals surface area contributed by atoms with Crippen LogP contribution >= 0.6 is 34.3 Å². The Bertz CT molecular complexity index is 2610. The first-order valence-electron chi connectivity index (χ1n) is 21.9. The van der Waals surface area contributed by atoms with E-state index in [9.17, 15) is 38.4 Å². The van der Waals surface area contributed by atoms with Crippen LogP contribution in [0.3, 0.4) is 0 Å². The van der Waals surface area contributed by atoms with E-state index in [0.29, 0.717) is 61.6 Å². The Hall–Kier alpha value is -6.11. The molecule has 9 amide bonds. The number of carbonyl (C=O) groups is 8. The summed E-state index contributed by atoms with van der Waals surface area (Å²) in [6.07, 6.45) is 2.60. The molecule has 8 rings (SSSR count). The number of nitrogens with zero attached hydrogens (tertiary/aromatic N) is 3. The molecule has 3 atom stereocenters. The zero-order valence-electron chi connectivity index (χ0n) is 37.4. The van der Waals surface area contributed by atoms with Crippen molar-refractivity contribution in [2.24, 2.45) is 5.92 Å². The quantitative estimate of drug-likeness (QED) is 0.100. The Morgan fingerprint density at radius 1 is 0.864 bits per heavy atom. The first-order chi connectivity index (χ1) is 31.5. The van der Waals surface area contributed by atoms with E-state index in [-0.39, 0.29) is 54.3 Å². The molecule has 0 aliphatic carbocycles. The standard InChI is InChI=1S/C24H26ClN3O4S.C23H27N5O4S/c1-13-3-5-15(9-18(13)25)6-4-14(2)22(30)26-10-20-16-11-28(24(32)17(16)12-33-20)19-7-8-21(29)27-23(19)31;1-4-27(3)18-10-15(6-5-13(18)2)25-23(32)24-11-16-9-14-12-28(22(31)20(14)33-16)17-7-8-19(29)26-21(17)30/h3,5,9,12,14,19H,4,6-8,10-11H2,1-2H3,(H,26,30)(H,27,29,31);5-6,9-10,17H,4,7-8,11-12H2,1-3H3,(H2,24,25,32)(H,26,29,30). The van der Waals surface area contributed by atoms with Crippen LogP contribution in [0.15, 0.2) is 47.8 Å². The van der Waals surface area contributed by atoms with Crippen molar-refractivity contribution < 1.29 is 38.4 Å². The Labute approximate surface area is 395 Å². The fourth-order valence-corrected chi connectivity index (χ4v) is 10.5. The minimum atomic E-state index is -0.634. The number of carbonyl (C=O) groups excluding carboxylic acids is 8. The van der Waals surface area contributed by atoms with Crippen molar-refractivity contribution in [3.63, 3.8) is 0 Å². The predicted molar refractivity (Wildman–Crippen MR) is 252 cm³/mol. The van der Waals surface area contributed by atoms with Crippen molar-refractivity contribution in [1.82, 2.24) is 31.1 Å². The molecule has 2 fully saturated rings. The van der Waals surface area contributed by atoms with Gasteiger partial charge in [-0.25, -0.2) is 4.79 Å². The van der Waals surface area contributed by atoms with Crippen molar-refractivity contribution in [1.29, 1.82) is 0 Å². The summed E-state index contributed by atoms with van der Waals surface area (Å²) >= 11 is 8.95. The Morgan fingerprint density at radius 2 is 1.53 bits per heavy atom. The van der Waals surface area contributed by atoms with E-state index in [2.05, 4.69) is 38.4 Å². The average Bonchev–Trinajstić information content (AvgIpc) is 4.05. The first kappa shape index (κ1) is 47.8. The summed E-state index contributed by atoms with van der Waals surface area (Å²) in [6, 6.07) is 12.1. The molecule has 16 nitrogen and oxygen atoms in total. The van der Waals surface area contributed by atoms with E-state index in [0.717, 1.165) is 61.2 Å². The molecule has 6 heterocycles. The lowest BCUT2D eigenvalue weighted by atomic mass is 9.99. The van der Waals surface area contributed by atoms with E-state index in [1.165, 1.54) is 32.5 Å². The van der Waals surface area contributed by atoms with Crippen molar-refractivity contribution in [3.05, 3.63) is 101 Å². The number of imide groups is 2. The van der Waals surface area contributed by atoms with Crippen LogP contribution in [0.5, 0.6) is 0 Å². The van der Waals surface area contributed by atoms with Gasteiger partial charge in [0.05, 0.1) is 23.5 Å². The van der Waals surface area contributed by atoms with Gasteiger partial charge < -0.3 is 30.7 Å². The Morgan fingerprint density at radius 3 is 2.17 bits per heavy atom. The molecule has 2 saturated heterocycles. The number of benzene rings is 2. The molecule has 5 N–H and O–H groups in total. The normalized spacial score (nSPS) is 18.2. The van der Waals surface area contributed by atoms with Gasteiger partial charge in [0.1, 0.15) is 12.1 Å². The molecule has 4 aromatic rings. The van der Waals surface area contributed by atoms with E-state index in [1.807, 2.05) is 70.3 Å². The molecule has 19 heteroatoms. The zero-order valence-corrected chi connectivity index (χ0v) is 39.8. The van der Waals surface area contributed by atoms with Gasteiger partial charge in [-0.1, -0.05) is 36.7 Å². The third-order valence-corrected chi connectivity index (χ3v) is 15.0. The maximum Gasteiger partial charge on any atom is 0.319 e. The third-order valence-electron chi connectivity index (χ3n) is 12.4. The molecular weight excluding hydrogens is 904 g/mol. The van der Waals surface area contributed by atoms with Crippen molar-refractivity contribution >= 4 is 93.0 Å². The maximum atomic E-state index is 12.8. The molecule has 4 aliphatic rings. The second-order valence-electron chi connectivity index (χ2n) is 17.0. The highest BCUT2D eigenvalue weighted by molar-refractivity contribution is 7.14. The highest BCUT2D eigenvalue weighted by Crippen LogP contribution is 2.35. The fourth-order valence-electron chi connectivity index (χ4n) is 8.30. The van der Waals surface area contributed by atoms with Gasteiger partial charge in [-0.15, -0.1) is 22.7 Å². The Balaban J connectivity index is 0.000000196. The number of fused-ring (bicyclic) bond motifs is 2. The van der Waals surface area contributed by atoms with Crippen molar-refractivity contribution in [3.8, 4) is 0 Å². The van der Waals surface area contributed by atoms with Crippen LogP contribution in [0.1, 0.15) is 104 Å². The SMILES string of the molecule is CCN(C)c1cc(NC(=O)NCc2cc3c(s2)C(=O)N(C2CCC(=O)NC2=O)C3)ccc1C.Cc1ccc(CCC(C)C(=O)NCc2scc3c2CN(C2CCC(=O)NC2=O)C3=O)cc1Cl. The second kappa shape index (κ2) is 20.6. The molecule has 0 bridgehead atoms. The van der Waals surface area contributed by atoms with Gasteiger partial charge in [-0.3, -0.25) is 44.2 Å². The summed E-state index contributed by atoms with van der Waals surface area (Å²) in [6.45, 7) is 10.1. The van der Waals surface area contributed by atoms with Crippen LogP contribution in [0.2, 0.25) is 5.02 Å². The van der Waals surface area contributed by atoms with Crippen LogP contribution in [-0.4, -0.2) is 82.9 Å². The van der Waals surface area contributed by atoms with E-state index in [4.69, 9.17) is 11.6 Å². The molecule has 66 heavy (non-hydrogen) atoms. The highest BCUT2D eigenvalue weighted by atomic mass is 35.5. The number of rotatable bonds is 13. The molecular formula is C47H53ClN8O8S2. The number of amides is 9. The topological polar surface area (TPSA) is 206 Å². The second-order valence-corrected chi connectivity index (χ2v) is 19.5. The van der Waals surface area contributed by atoms with Crippen LogP contribution in [0.4, 0.5) is 16.2 Å². The highest BCUT2D eigenvalue weighted by Gasteiger charge is 2.42. The van der Waals surface area contributed by atoms with Crippen LogP contribution in [-0.2, 0) is 56.6 Å². The molecule has 4 aliphatic heterocycles. The molecule has 0 spiro atoms.